The molecule has 0 radical (unpaired) electrons. The highest BCUT2D eigenvalue weighted by molar-refractivity contribution is 6.31. The lowest BCUT2D eigenvalue weighted by molar-refractivity contribution is -0.148. The zero-order valence-electron chi connectivity index (χ0n) is 18.1. The van der Waals surface area contributed by atoms with E-state index in [0.29, 0.717) is 34.7 Å². The first-order valence-electron chi connectivity index (χ1n) is 9.88. The van der Waals surface area contributed by atoms with Crippen molar-refractivity contribution in [1.82, 2.24) is 5.43 Å². The van der Waals surface area contributed by atoms with Crippen LogP contribution in [0.3, 0.4) is 0 Å². The van der Waals surface area contributed by atoms with Crippen LogP contribution in [0.2, 0.25) is 0 Å². The predicted octanol–water partition coefficient (Wildman–Crippen LogP) is 2.83. The number of nitrogens with one attached hydrogen (secondary N) is 1. The van der Waals surface area contributed by atoms with Crippen LogP contribution in [0.4, 0.5) is 5.69 Å². The number of methoxy groups -OCH3 is 2. The highest BCUT2D eigenvalue weighted by Gasteiger charge is 2.34. The summed E-state index contributed by atoms with van der Waals surface area (Å²) in [5.41, 5.74) is 4.34. The molecule has 0 saturated carbocycles. The van der Waals surface area contributed by atoms with Crippen LogP contribution in [0.1, 0.15) is 18.1 Å². The van der Waals surface area contributed by atoms with Gasteiger partial charge in [0, 0.05) is 5.56 Å². The van der Waals surface area contributed by atoms with Crippen molar-refractivity contribution < 1.29 is 28.6 Å². The van der Waals surface area contributed by atoms with Crippen molar-refractivity contribution in [2.24, 2.45) is 0 Å². The first kappa shape index (κ1) is 22.6. The maximum absolute atomic E-state index is 12.9. The van der Waals surface area contributed by atoms with E-state index in [4.69, 9.17) is 14.2 Å². The van der Waals surface area contributed by atoms with E-state index in [1.54, 1.807) is 49.4 Å². The molecule has 3 rings (SSSR count). The minimum absolute atomic E-state index is 0.0166. The van der Waals surface area contributed by atoms with Crippen molar-refractivity contribution in [3.05, 3.63) is 71.8 Å². The summed E-state index contributed by atoms with van der Waals surface area (Å²) < 4.78 is 16.0. The molecule has 8 nitrogen and oxygen atoms in total. The summed E-state index contributed by atoms with van der Waals surface area (Å²) in [5, 5.41) is 1.20. The molecule has 32 heavy (non-hydrogen) atoms. The van der Waals surface area contributed by atoms with Gasteiger partial charge in [-0.1, -0.05) is 24.3 Å². The summed E-state index contributed by atoms with van der Waals surface area (Å²) in [4.78, 5) is 37.1. The van der Waals surface area contributed by atoms with Gasteiger partial charge in [-0.05, 0) is 49.2 Å². The van der Waals surface area contributed by atoms with Crippen LogP contribution in [-0.4, -0.2) is 38.1 Å². The van der Waals surface area contributed by atoms with Gasteiger partial charge < -0.3 is 14.2 Å². The van der Waals surface area contributed by atoms with Crippen molar-refractivity contribution in [2.45, 2.75) is 19.4 Å². The Kier molecular flexibility index (Phi) is 6.94. The molecule has 1 saturated heterocycles. The molecule has 1 atom stereocenters. The van der Waals surface area contributed by atoms with E-state index in [0.717, 1.165) is 0 Å². The molecule has 2 aromatic carbocycles. The second-order valence-electron chi connectivity index (χ2n) is 6.96. The number of hydrazine groups is 1. The van der Waals surface area contributed by atoms with Gasteiger partial charge in [-0.25, -0.2) is 9.80 Å². The molecule has 1 N–H and O–H groups in total. The SMILES string of the molecule is C=CCc1cc(C=C2C(=O)NN(c3ccccc3)C2=O)cc(OC)c1OC(C)C(=O)OC. The Morgan fingerprint density at radius 2 is 1.91 bits per heavy atom. The van der Waals surface area contributed by atoms with Gasteiger partial charge in [-0.15, -0.1) is 6.58 Å². The third-order valence-electron chi connectivity index (χ3n) is 4.78. The summed E-state index contributed by atoms with van der Waals surface area (Å²) in [6.45, 7) is 5.32. The number of hydrogen-bond acceptors (Lipinski definition) is 6. The zero-order chi connectivity index (χ0) is 23.3. The van der Waals surface area contributed by atoms with Crippen LogP contribution in [-0.2, 0) is 25.5 Å². The number of hydrogen-bond donors (Lipinski definition) is 1. The van der Waals surface area contributed by atoms with Gasteiger partial charge in [0.05, 0.1) is 19.9 Å². The van der Waals surface area contributed by atoms with Crippen LogP contribution in [0, 0.1) is 0 Å². The molecule has 166 valence electrons. The Bertz CT molecular complexity index is 1080. The number of rotatable bonds is 8. The summed E-state index contributed by atoms with van der Waals surface area (Å²) in [5.74, 6) is -0.803. The molecular weight excluding hydrogens is 412 g/mol. The lowest BCUT2D eigenvalue weighted by Crippen LogP contribution is -2.35. The molecule has 0 bridgehead atoms. The Hall–Kier alpha value is -4.07. The number of allylic oxidation sites excluding steroid dienone is 1. The molecule has 1 aliphatic heterocycles. The normalized spacial score (nSPS) is 15.3. The van der Waals surface area contributed by atoms with Crippen molar-refractivity contribution in [1.29, 1.82) is 0 Å². The largest absolute Gasteiger partial charge is 0.493 e. The monoisotopic (exact) mass is 436 g/mol. The third-order valence-corrected chi connectivity index (χ3v) is 4.78. The molecule has 1 heterocycles. The van der Waals surface area contributed by atoms with E-state index in [1.165, 1.54) is 25.3 Å². The van der Waals surface area contributed by atoms with E-state index in [1.807, 2.05) is 6.07 Å². The van der Waals surface area contributed by atoms with Gasteiger partial charge in [-0.2, -0.15) is 0 Å². The van der Waals surface area contributed by atoms with E-state index in [-0.39, 0.29) is 5.57 Å². The molecule has 1 aliphatic rings. The smallest absolute Gasteiger partial charge is 0.346 e. The molecule has 0 aromatic heterocycles. The molecule has 2 aromatic rings. The number of carbonyl (C=O) groups is 3. The molecule has 1 unspecified atom stereocenters. The number of carbonyl (C=O) groups excluding carboxylic acids is 3. The molecular formula is C24H24N2O6. The van der Waals surface area contributed by atoms with Crippen molar-refractivity contribution in [2.75, 3.05) is 19.2 Å². The quantitative estimate of drug-likeness (QED) is 0.296. The van der Waals surface area contributed by atoms with Gasteiger partial charge >= 0.3 is 5.97 Å². The number of esters is 1. The predicted molar refractivity (Wildman–Crippen MR) is 119 cm³/mol. The fourth-order valence-corrected chi connectivity index (χ4v) is 3.23. The van der Waals surface area contributed by atoms with Gasteiger partial charge in [0.15, 0.2) is 17.6 Å². The first-order valence-corrected chi connectivity index (χ1v) is 9.88. The number of nitrogens with zero attached hydrogens (tertiary/aromatic N) is 1. The van der Waals surface area contributed by atoms with Crippen molar-refractivity contribution in [3.63, 3.8) is 0 Å². The van der Waals surface area contributed by atoms with E-state index < -0.39 is 23.9 Å². The summed E-state index contributed by atoms with van der Waals surface area (Å²) >= 11 is 0. The zero-order valence-corrected chi connectivity index (χ0v) is 18.1. The van der Waals surface area contributed by atoms with Gasteiger partial charge in [0.1, 0.15) is 5.57 Å². The number of benzene rings is 2. The lowest BCUT2D eigenvalue weighted by Gasteiger charge is -2.19. The number of para-hydroxylation sites is 1. The van der Waals surface area contributed by atoms with Gasteiger partial charge in [0.25, 0.3) is 11.8 Å². The maximum atomic E-state index is 12.9. The average molecular weight is 436 g/mol. The topological polar surface area (TPSA) is 94.2 Å². The third kappa shape index (κ3) is 4.64. The van der Waals surface area contributed by atoms with Gasteiger partial charge in [-0.3, -0.25) is 15.0 Å². The van der Waals surface area contributed by atoms with E-state index in [2.05, 4.69) is 12.0 Å². The molecule has 8 heteroatoms. The second kappa shape index (κ2) is 9.82. The fraction of sp³-hybridized carbons (Fsp3) is 0.208. The highest BCUT2D eigenvalue weighted by atomic mass is 16.6. The van der Waals surface area contributed by atoms with Gasteiger partial charge in [0.2, 0.25) is 0 Å². The van der Waals surface area contributed by atoms with E-state index >= 15 is 0 Å². The standard InChI is InChI=1S/C24H24N2O6/c1-5-9-17-12-16(14-20(30-3)21(17)32-15(2)24(29)31-4)13-19-22(27)25-26(23(19)28)18-10-7-6-8-11-18/h5-8,10-15H,1,9H2,2-4H3,(H,25,27). The van der Waals surface area contributed by atoms with Crippen LogP contribution in [0.25, 0.3) is 6.08 Å². The lowest BCUT2D eigenvalue weighted by atomic mass is 10.0. The number of amides is 2. The van der Waals surface area contributed by atoms with Crippen LogP contribution in [0.15, 0.2) is 60.7 Å². The summed E-state index contributed by atoms with van der Waals surface area (Å²) in [6.07, 6.45) is 2.71. The summed E-state index contributed by atoms with van der Waals surface area (Å²) in [6, 6.07) is 12.2. The first-order chi connectivity index (χ1) is 15.4. The fourth-order valence-electron chi connectivity index (χ4n) is 3.23. The van der Waals surface area contributed by atoms with Crippen LogP contribution in [0.5, 0.6) is 11.5 Å². The highest BCUT2D eigenvalue weighted by Crippen LogP contribution is 2.35. The second-order valence-corrected chi connectivity index (χ2v) is 6.96. The molecule has 0 spiro atoms. The Balaban J connectivity index is 1.99. The maximum Gasteiger partial charge on any atom is 0.346 e. The van der Waals surface area contributed by atoms with Crippen molar-refractivity contribution in [3.8, 4) is 11.5 Å². The average Bonchev–Trinajstić information content (AvgIpc) is 3.08. The van der Waals surface area contributed by atoms with Crippen LogP contribution >= 0.6 is 0 Å². The Morgan fingerprint density at radius 3 is 2.53 bits per heavy atom. The minimum Gasteiger partial charge on any atom is -0.493 e. The van der Waals surface area contributed by atoms with Crippen molar-refractivity contribution >= 4 is 29.5 Å². The summed E-state index contributed by atoms with van der Waals surface area (Å²) in [7, 11) is 2.74. The molecule has 1 fully saturated rings. The number of ether oxygens (including phenoxy) is 3. The minimum atomic E-state index is -0.858. The number of anilines is 1. The molecule has 2 amide bonds. The molecule has 0 aliphatic carbocycles. The Labute approximate surface area is 186 Å². The van der Waals surface area contributed by atoms with E-state index in [9.17, 15) is 14.4 Å². The Morgan fingerprint density at radius 1 is 1.19 bits per heavy atom. The van der Waals surface area contributed by atoms with Crippen LogP contribution < -0.4 is 19.9 Å².